The van der Waals surface area contributed by atoms with Gasteiger partial charge in [-0.2, -0.15) is 0 Å². The molecule has 1 amide bonds. The van der Waals surface area contributed by atoms with Crippen molar-refractivity contribution in [2.24, 2.45) is 0 Å². The van der Waals surface area contributed by atoms with Gasteiger partial charge in [0.05, 0.1) is 13.2 Å². The van der Waals surface area contributed by atoms with Gasteiger partial charge in [0, 0.05) is 38.3 Å². The molecule has 1 aliphatic heterocycles. The molecule has 0 saturated carbocycles. The minimum Gasteiger partial charge on any atom is -0.478 e. The van der Waals surface area contributed by atoms with Crippen molar-refractivity contribution >= 4 is 11.9 Å². The maximum Gasteiger partial charge on any atom is 0.328 e. The van der Waals surface area contributed by atoms with Crippen LogP contribution in [-0.2, 0) is 14.3 Å². The molecule has 0 aliphatic carbocycles. The zero-order valence-corrected chi connectivity index (χ0v) is 9.02. The van der Waals surface area contributed by atoms with Crippen LogP contribution in [0.15, 0.2) is 12.2 Å². The normalized spacial score (nSPS) is 17.5. The molecule has 16 heavy (non-hydrogen) atoms. The number of ether oxygens (including phenoxy) is 1. The summed E-state index contributed by atoms with van der Waals surface area (Å²) in [5.74, 6) is -1.50. The van der Waals surface area contributed by atoms with Crippen LogP contribution in [0.5, 0.6) is 0 Å². The van der Waals surface area contributed by atoms with Gasteiger partial charge in [0.25, 0.3) is 0 Å². The summed E-state index contributed by atoms with van der Waals surface area (Å²) in [5, 5.41) is 10.9. The zero-order chi connectivity index (χ0) is 11.8. The number of rotatable bonds is 5. The van der Waals surface area contributed by atoms with E-state index in [0.717, 1.165) is 45.0 Å². The molecule has 0 radical (unpaired) electrons. The molecule has 6 nitrogen and oxygen atoms in total. The standard InChI is InChI=1S/C10H16N2O4/c13-9(1-2-10(14)15)11-3-4-12-5-7-16-8-6-12/h1-2H,3-8H2,(H,11,13)(H,14,15). The van der Waals surface area contributed by atoms with E-state index in [1.54, 1.807) is 0 Å². The summed E-state index contributed by atoms with van der Waals surface area (Å²) in [6.45, 7) is 4.49. The van der Waals surface area contributed by atoms with Crippen molar-refractivity contribution in [3.8, 4) is 0 Å². The predicted molar refractivity (Wildman–Crippen MR) is 57.0 cm³/mol. The fourth-order valence-electron chi connectivity index (χ4n) is 1.37. The van der Waals surface area contributed by atoms with Gasteiger partial charge in [0.2, 0.25) is 5.91 Å². The van der Waals surface area contributed by atoms with E-state index in [4.69, 9.17) is 9.84 Å². The molecule has 1 saturated heterocycles. The Morgan fingerprint density at radius 2 is 2.00 bits per heavy atom. The van der Waals surface area contributed by atoms with Crippen LogP contribution < -0.4 is 5.32 Å². The second-order valence-corrected chi connectivity index (χ2v) is 3.42. The van der Waals surface area contributed by atoms with Crippen molar-refractivity contribution in [1.29, 1.82) is 0 Å². The molecule has 1 rings (SSSR count). The molecule has 6 heteroatoms. The van der Waals surface area contributed by atoms with Gasteiger partial charge < -0.3 is 15.2 Å². The Bertz CT molecular complexity index is 272. The summed E-state index contributed by atoms with van der Waals surface area (Å²) < 4.78 is 5.19. The monoisotopic (exact) mass is 228 g/mol. The molecule has 0 unspecified atom stereocenters. The molecular weight excluding hydrogens is 212 g/mol. The van der Waals surface area contributed by atoms with Crippen LogP contribution in [0.3, 0.4) is 0 Å². The van der Waals surface area contributed by atoms with E-state index < -0.39 is 5.97 Å². The van der Waals surface area contributed by atoms with E-state index in [-0.39, 0.29) is 5.91 Å². The first-order valence-corrected chi connectivity index (χ1v) is 5.17. The van der Waals surface area contributed by atoms with Gasteiger partial charge in [0.1, 0.15) is 0 Å². The number of nitrogens with one attached hydrogen (secondary N) is 1. The molecule has 1 heterocycles. The van der Waals surface area contributed by atoms with Gasteiger partial charge in [-0.3, -0.25) is 9.69 Å². The summed E-state index contributed by atoms with van der Waals surface area (Å²) >= 11 is 0. The van der Waals surface area contributed by atoms with Gasteiger partial charge in [-0.25, -0.2) is 4.79 Å². The van der Waals surface area contributed by atoms with Gasteiger partial charge in [-0.1, -0.05) is 0 Å². The average Bonchev–Trinajstić information content (AvgIpc) is 2.28. The third-order valence-electron chi connectivity index (χ3n) is 2.21. The first-order valence-electron chi connectivity index (χ1n) is 5.17. The molecule has 0 aromatic rings. The molecular formula is C10H16N2O4. The first kappa shape index (κ1) is 12.7. The van der Waals surface area contributed by atoms with E-state index in [2.05, 4.69) is 10.2 Å². The number of aliphatic carboxylic acids is 1. The van der Waals surface area contributed by atoms with Gasteiger partial charge >= 0.3 is 5.97 Å². The Hall–Kier alpha value is -1.40. The van der Waals surface area contributed by atoms with Crippen molar-refractivity contribution in [3.05, 3.63) is 12.2 Å². The number of carboxylic acid groups (broad SMARTS) is 1. The second-order valence-electron chi connectivity index (χ2n) is 3.42. The minimum atomic E-state index is -1.12. The lowest BCUT2D eigenvalue weighted by Gasteiger charge is -2.26. The predicted octanol–water partition coefficient (Wildman–Crippen LogP) is -0.924. The Labute approximate surface area is 93.9 Å². The van der Waals surface area contributed by atoms with Crippen molar-refractivity contribution in [2.45, 2.75) is 0 Å². The van der Waals surface area contributed by atoms with Crippen LogP contribution in [-0.4, -0.2) is 61.3 Å². The quantitative estimate of drug-likeness (QED) is 0.595. The lowest BCUT2D eigenvalue weighted by Crippen LogP contribution is -2.41. The van der Waals surface area contributed by atoms with E-state index in [1.165, 1.54) is 0 Å². The summed E-state index contributed by atoms with van der Waals surface area (Å²) in [6.07, 6.45) is 1.84. The van der Waals surface area contributed by atoms with Crippen molar-refractivity contribution in [3.63, 3.8) is 0 Å². The lowest BCUT2D eigenvalue weighted by atomic mass is 10.4. The van der Waals surface area contributed by atoms with E-state index in [0.29, 0.717) is 6.54 Å². The zero-order valence-electron chi connectivity index (χ0n) is 9.02. The average molecular weight is 228 g/mol. The Morgan fingerprint density at radius 1 is 1.31 bits per heavy atom. The van der Waals surface area contributed by atoms with Gasteiger partial charge in [-0.15, -0.1) is 0 Å². The maximum absolute atomic E-state index is 11.1. The van der Waals surface area contributed by atoms with E-state index in [9.17, 15) is 9.59 Å². The van der Waals surface area contributed by atoms with Crippen LogP contribution in [0, 0.1) is 0 Å². The van der Waals surface area contributed by atoms with Gasteiger partial charge in [-0.05, 0) is 0 Å². The fraction of sp³-hybridized carbons (Fsp3) is 0.600. The fourth-order valence-corrected chi connectivity index (χ4v) is 1.37. The smallest absolute Gasteiger partial charge is 0.328 e. The highest BCUT2D eigenvalue weighted by atomic mass is 16.5. The number of carbonyl (C=O) groups is 2. The number of hydrogen-bond acceptors (Lipinski definition) is 4. The molecule has 1 fully saturated rings. The summed E-state index contributed by atoms with van der Waals surface area (Å²) in [5.41, 5.74) is 0. The number of amides is 1. The minimum absolute atomic E-state index is 0.379. The number of hydrogen-bond donors (Lipinski definition) is 2. The van der Waals surface area contributed by atoms with Crippen molar-refractivity contribution in [1.82, 2.24) is 10.2 Å². The van der Waals surface area contributed by atoms with E-state index >= 15 is 0 Å². The molecule has 0 spiro atoms. The van der Waals surface area contributed by atoms with Crippen LogP contribution in [0.25, 0.3) is 0 Å². The van der Waals surface area contributed by atoms with E-state index in [1.807, 2.05) is 0 Å². The van der Waals surface area contributed by atoms with Crippen molar-refractivity contribution in [2.75, 3.05) is 39.4 Å². The molecule has 0 atom stereocenters. The van der Waals surface area contributed by atoms with Crippen molar-refractivity contribution < 1.29 is 19.4 Å². The van der Waals surface area contributed by atoms with Crippen LogP contribution in [0.4, 0.5) is 0 Å². The third-order valence-corrected chi connectivity index (χ3v) is 2.21. The largest absolute Gasteiger partial charge is 0.478 e. The van der Waals surface area contributed by atoms with Crippen LogP contribution in [0.1, 0.15) is 0 Å². The Balaban J connectivity index is 2.09. The molecule has 0 aromatic carbocycles. The summed E-state index contributed by atoms with van der Waals surface area (Å²) in [6, 6.07) is 0. The SMILES string of the molecule is O=C(O)C=CC(=O)NCCN1CCOCC1. The molecule has 1 aliphatic rings. The third kappa shape index (κ3) is 5.47. The van der Waals surface area contributed by atoms with Crippen LogP contribution in [0.2, 0.25) is 0 Å². The number of morpholine rings is 1. The highest BCUT2D eigenvalue weighted by Gasteiger charge is 2.09. The highest BCUT2D eigenvalue weighted by molar-refractivity contribution is 5.93. The highest BCUT2D eigenvalue weighted by Crippen LogP contribution is 1.94. The molecule has 2 N–H and O–H groups in total. The lowest BCUT2D eigenvalue weighted by molar-refractivity contribution is -0.131. The second kappa shape index (κ2) is 6.97. The molecule has 0 bridgehead atoms. The first-order chi connectivity index (χ1) is 7.68. The molecule has 0 aromatic heterocycles. The maximum atomic E-state index is 11.1. The van der Waals surface area contributed by atoms with Gasteiger partial charge in [0.15, 0.2) is 0 Å². The summed E-state index contributed by atoms with van der Waals surface area (Å²) in [7, 11) is 0. The molecule has 90 valence electrons. The summed E-state index contributed by atoms with van der Waals surface area (Å²) in [4.78, 5) is 23.4. The number of carbonyl (C=O) groups excluding carboxylic acids is 1. The topological polar surface area (TPSA) is 78.9 Å². The Morgan fingerprint density at radius 3 is 2.62 bits per heavy atom. The number of nitrogens with zero attached hydrogens (tertiary/aromatic N) is 1. The van der Waals surface area contributed by atoms with Crippen LogP contribution >= 0.6 is 0 Å². The Kier molecular flexibility index (Phi) is 5.52. The number of carboxylic acids is 1.